The van der Waals surface area contributed by atoms with Crippen molar-refractivity contribution in [3.05, 3.63) is 78.1 Å². The highest BCUT2D eigenvalue weighted by molar-refractivity contribution is 6.05. The maximum atomic E-state index is 13.4. The van der Waals surface area contributed by atoms with E-state index < -0.39 is 0 Å². The van der Waals surface area contributed by atoms with Crippen molar-refractivity contribution in [2.24, 2.45) is 0 Å². The summed E-state index contributed by atoms with van der Waals surface area (Å²) >= 11 is 0. The van der Waals surface area contributed by atoms with Crippen LogP contribution in [0.3, 0.4) is 0 Å². The van der Waals surface area contributed by atoms with Crippen LogP contribution in [0.4, 0.5) is 0 Å². The number of carbonyl (C=O) groups is 2. The molecule has 1 atom stereocenters. The number of benzene rings is 2. The highest BCUT2D eigenvalue weighted by atomic mass is 16.2. The topological polar surface area (TPSA) is 62.3 Å². The quantitative estimate of drug-likeness (QED) is 0.777. The van der Waals surface area contributed by atoms with Crippen LogP contribution >= 0.6 is 0 Å². The van der Waals surface area contributed by atoms with E-state index in [1.165, 1.54) is 0 Å². The molecule has 1 fully saturated rings. The van der Waals surface area contributed by atoms with Crippen molar-refractivity contribution >= 4 is 22.6 Å². The Morgan fingerprint density at radius 1 is 1.04 bits per heavy atom. The number of amides is 2. The lowest BCUT2D eigenvalue weighted by atomic mass is 10.0. The Morgan fingerprint density at radius 3 is 2.65 bits per heavy atom. The normalized spacial score (nSPS) is 17.6. The van der Waals surface area contributed by atoms with Gasteiger partial charge in [-0.2, -0.15) is 0 Å². The first-order chi connectivity index (χ1) is 12.7. The Balaban J connectivity index is 1.77. The van der Waals surface area contributed by atoms with E-state index in [-0.39, 0.29) is 24.3 Å². The number of fused-ring (bicyclic) bond motifs is 1. The summed E-state index contributed by atoms with van der Waals surface area (Å²) in [5.41, 5.74) is 1.39. The van der Waals surface area contributed by atoms with E-state index in [1.54, 1.807) is 11.1 Å². The molecule has 1 aromatic heterocycles. The summed E-state index contributed by atoms with van der Waals surface area (Å²) in [6.07, 6.45) is 1.91. The molecule has 2 heterocycles. The first-order valence-corrected chi connectivity index (χ1v) is 8.70. The fourth-order valence-corrected chi connectivity index (χ4v) is 3.47. The van der Waals surface area contributed by atoms with E-state index >= 15 is 0 Å². The van der Waals surface area contributed by atoms with Gasteiger partial charge in [-0.25, -0.2) is 0 Å². The van der Waals surface area contributed by atoms with Crippen molar-refractivity contribution in [1.29, 1.82) is 0 Å². The second-order valence-corrected chi connectivity index (χ2v) is 6.36. The highest BCUT2D eigenvalue weighted by Crippen LogP contribution is 2.28. The number of pyridine rings is 1. The molecule has 0 spiro atoms. The van der Waals surface area contributed by atoms with Gasteiger partial charge in [0.25, 0.3) is 5.91 Å². The molecular weight excluding hydrogens is 326 g/mol. The maximum Gasteiger partial charge on any atom is 0.273 e. The van der Waals surface area contributed by atoms with Crippen molar-refractivity contribution in [2.45, 2.75) is 12.5 Å². The summed E-state index contributed by atoms with van der Waals surface area (Å²) in [5, 5.41) is 4.67. The van der Waals surface area contributed by atoms with Gasteiger partial charge in [-0.1, -0.05) is 54.6 Å². The molecule has 0 bridgehead atoms. The monoisotopic (exact) mass is 345 g/mol. The largest absolute Gasteiger partial charge is 0.354 e. The van der Waals surface area contributed by atoms with E-state index in [0.717, 1.165) is 16.3 Å². The van der Waals surface area contributed by atoms with E-state index in [4.69, 9.17) is 0 Å². The summed E-state index contributed by atoms with van der Waals surface area (Å²) in [7, 11) is 0. The zero-order valence-electron chi connectivity index (χ0n) is 14.3. The third-order valence-electron chi connectivity index (χ3n) is 4.75. The van der Waals surface area contributed by atoms with Gasteiger partial charge in [0.2, 0.25) is 5.91 Å². The molecule has 0 unspecified atom stereocenters. The Morgan fingerprint density at radius 2 is 1.81 bits per heavy atom. The SMILES string of the molecule is O=C1C[C@@H](c2ccccc2)N(C(=O)c2nccc3ccccc23)CCN1. The second kappa shape index (κ2) is 6.96. The molecule has 26 heavy (non-hydrogen) atoms. The van der Waals surface area contributed by atoms with Gasteiger partial charge in [0, 0.05) is 24.7 Å². The molecule has 1 N–H and O–H groups in total. The maximum absolute atomic E-state index is 13.4. The molecule has 0 saturated carbocycles. The Kier molecular flexibility index (Phi) is 4.35. The summed E-state index contributed by atoms with van der Waals surface area (Å²) in [6, 6.07) is 19.0. The predicted molar refractivity (Wildman–Crippen MR) is 99.6 cm³/mol. The second-order valence-electron chi connectivity index (χ2n) is 6.36. The third kappa shape index (κ3) is 3.04. The smallest absolute Gasteiger partial charge is 0.273 e. The Hall–Kier alpha value is -3.21. The van der Waals surface area contributed by atoms with Crippen molar-refractivity contribution < 1.29 is 9.59 Å². The van der Waals surface area contributed by atoms with E-state index in [1.807, 2.05) is 60.7 Å². The van der Waals surface area contributed by atoms with Crippen molar-refractivity contribution in [2.75, 3.05) is 13.1 Å². The van der Waals surface area contributed by atoms with Gasteiger partial charge in [-0.3, -0.25) is 14.6 Å². The predicted octanol–water partition coefficient (Wildman–Crippen LogP) is 2.94. The molecule has 0 radical (unpaired) electrons. The van der Waals surface area contributed by atoms with Crippen LogP contribution in [0.15, 0.2) is 66.9 Å². The average molecular weight is 345 g/mol. The highest BCUT2D eigenvalue weighted by Gasteiger charge is 2.31. The van der Waals surface area contributed by atoms with Crippen LogP contribution < -0.4 is 5.32 Å². The molecule has 4 rings (SSSR count). The molecule has 1 aliphatic heterocycles. The van der Waals surface area contributed by atoms with Gasteiger partial charge in [0.1, 0.15) is 5.69 Å². The number of hydrogen-bond donors (Lipinski definition) is 1. The average Bonchev–Trinajstić information content (AvgIpc) is 2.89. The van der Waals surface area contributed by atoms with Gasteiger partial charge >= 0.3 is 0 Å². The number of aromatic nitrogens is 1. The minimum atomic E-state index is -0.299. The summed E-state index contributed by atoms with van der Waals surface area (Å²) in [4.78, 5) is 31.6. The van der Waals surface area contributed by atoms with Crippen molar-refractivity contribution in [1.82, 2.24) is 15.2 Å². The van der Waals surface area contributed by atoms with E-state index in [2.05, 4.69) is 10.3 Å². The lowest BCUT2D eigenvalue weighted by molar-refractivity contribution is -0.121. The van der Waals surface area contributed by atoms with Crippen LogP contribution in [0.5, 0.6) is 0 Å². The molecule has 130 valence electrons. The fourth-order valence-electron chi connectivity index (χ4n) is 3.47. The molecular formula is C21H19N3O2. The minimum Gasteiger partial charge on any atom is -0.354 e. The third-order valence-corrected chi connectivity index (χ3v) is 4.75. The van der Waals surface area contributed by atoms with Gasteiger partial charge in [-0.05, 0) is 17.0 Å². The van der Waals surface area contributed by atoms with E-state index in [0.29, 0.717) is 18.8 Å². The lowest BCUT2D eigenvalue weighted by Crippen LogP contribution is -2.37. The van der Waals surface area contributed by atoms with Crippen molar-refractivity contribution in [3.8, 4) is 0 Å². The van der Waals surface area contributed by atoms with Crippen LogP contribution in [-0.4, -0.2) is 34.8 Å². The van der Waals surface area contributed by atoms with Gasteiger partial charge in [0.15, 0.2) is 0 Å². The van der Waals surface area contributed by atoms with Crippen LogP contribution in [0.2, 0.25) is 0 Å². The van der Waals surface area contributed by atoms with Crippen LogP contribution in [-0.2, 0) is 4.79 Å². The van der Waals surface area contributed by atoms with Gasteiger partial charge in [-0.15, -0.1) is 0 Å². The van der Waals surface area contributed by atoms with Crippen LogP contribution in [0, 0.1) is 0 Å². The lowest BCUT2D eigenvalue weighted by Gasteiger charge is -2.29. The Bertz CT molecular complexity index is 950. The van der Waals surface area contributed by atoms with Gasteiger partial charge in [0.05, 0.1) is 12.5 Å². The number of nitrogens with zero attached hydrogens (tertiary/aromatic N) is 2. The Labute approximate surface area is 151 Å². The first kappa shape index (κ1) is 16.3. The molecule has 3 aromatic rings. The molecule has 1 aliphatic rings. The molecule has 2 aromatic carbocycles. The number of rotatable bonds is 2. The molecule has 0 aliphatic carbocycles. The summed E-state index contributed by atoms with van der Waals surface area (Å²) < 4.78 is 0. The first-order valence-electron chi connectivity index (χ1n) is 8.70. The van der Waals surface area contributed by atoms with E-state index in [9.17, 15) is 9.59 Å². The van der Waals surface area contributed by atoms with Crippen LogP contribution in [0.1, 0.15) is 28.5 Å². The van der Waals surface area contributed by atoms with Crippen molar-refractivity contribution in [3.63, 3.8) is 0 Å². The summed E-state index contributed by atoms with van der Waals surface area (Å²) in [5.74, 6) is -0.188. The standard InChI is InChI=1S/C21H19N3O2/c25-19-14-18(16-7-2-1-3-8-16)24(13-12-22-19)21(26)20-17-9-5-4-6-15(17)10-11-23-20/h1-11,18H,12-14H2,(H,22,25)/t18-/m0/s1. The summed E-state index contributed by atoms with van der Waals surface area (Å²) in [6.45, 7) is 0.897. The zero-order valence-corrected chi connectivity index (χ0v) is 14.3. The molecule has 5 nitrogen and oxygen atoms in total. The molecule has 5 heteroatoms. The molecule has 2 amide bonds. The van der Waals surface area contributed by atoms with Gasteiger partial charge < -0.3 is 10.2 Å². The number of nitrogens with one attached hydrogen (secondary N) is 1. The fraction of sp³-hybridized carbons (Fsp3) is 0.190. The van der Waals surface area contributed by atoms with Crippen LogP contribution in [0.25, 0.3) is 10.8 Å². The zero-order chi connectivity index (χ0) is 17.9. The minimum absolute atomic E-state index is 0.0416. The molecule has 1 saturated heterocycles. The number of hydrogen-bond acceptors (Lipinski definition) is 3. The number of carbonyl (C=O) groups excluding carboxylic acids is 2.